The molecule has 0 amide bonds. The number of methoxy groups -OCH3 is 2. The van der Waals surface area contributed by atoms with E-state index in [0.29, 0.717) is 23.5 Å². The lowest BCUT2D eigenvalue weighted by atomic mass is 9.62. The zero-order valence-electron chi connectivity index (χ0n) is 16.7. The van der Waals surface area contributed by atoms with Gasteiger partial charge in [-0.15, -0.1) is 0 Å². The lowest BCUT2D eigenvalue weighted by molar-refractivity contribution is -0.129. The summed E-state index contributed by atoms with van der Waals surface area (Å²) in [6.07, 6.45) is 12.7. The van der Waals surface area contributed by atoms with Gasteiger partial charge in [-0.2, -0.15) is 0 Å². The Balaban J connectivity index is 1.70. The fourth-order valence-electron chi connectivity index (χ4n) is 6.05. The Morgan fingerprint density at radius 2 is 1.80 bits per heavy atom. The summed E-state index contributed by atoms with van der Waals surface area (Å²) >= 11 is 0. The first-order chi connectivity index (χ1) is 11.9. The summed E-state index contributed by atoms with van der Waals surface area (Å²) in [6, 6.07) is 0. The van der Waals surface area contributed by atoms with E-state index in [-0.39, 0.29) is 23.0 Å². The molecule has 0 spiro atoms. The van der Waals surface area contributed by atoms with Crippen LogP contribution in [0.1, 0.15) is 65.7 Å². The van der Waals surface area contributed by atoms with E-state index in [9.17, 15) is 4.79 Å². The molecular weight excluding hydrogens is 312 g/mol. The average molecular weight is 349 g/mol. The molecule has 0 radical (unpaired) electrons. The van der Waals surface area contributed by atoms with E-state index < -0.39 is 0 Å². The van der Waals surface area contributed by atoms with Crippen LogP contribution in [-0.4, -0.2) is 32.2 Å². The number of hydrogen-bond donors (Lipinski definition) is 0. The first-order valence-corrected chi connectivity index (χ1v) is 10.2. The Kier molecular flexibility index (Phi) is 5.46. The normalized spacial score (nSPS) is 37.7. The van der Waals surface area contributed by atoms with Crippen molar-refractivity contribution in [3.05, 3.63) is 12.2 Å². The third-order valence-electron chi connectivity index (χ3n) is 7.97. The van der Waals surface area contributed by atoms with E-state index in [1.54, 1.807) is 7.11 Å². The minimum atomic E-state index is 0.128. The predicted octanol–water partition coefficient (Wildman–Crippen LogP) is 4.79. The van der Waals surface area contributed by atoms with Crippen LogP contribution in [0.4, 0.5) is 0 Å². The van der Waals surface area contributed by atoms with Gasteiger partial charge in [-0.25, -0.2) is 0 Å². The number of allylic oxidation sites excluding steroid dienone is 1. The maximum absolute atomic E-state index is 12.4. The molecule has 3 nitrogen and oxygen atoms in total. The Morgan fingerprint density at radius 3 is 2.40 bits per heavy atom. The summed E-state index contributed by atoms with van der Waals surface area (Å²) in [4.78, 5) is 12.4. The van der Waals surface area contributed by atoms with Crippen LogP contribution < -0.4 is 0 Å². The Labute approximate surface area is 153 Å². The number of carbonyl (C=O) groups excluding carboxylic acids is 1. The first kappa shape index (κ1) is 19.1. The van der Waals surface area contributed by atoms with Gasteiger partial charge in [0.1, 0.15) is 5.78 Å². The van der Waals surface area contributed by atoms with Gasteiger partial charge in [0.25, 0.3) is 0 Å². The van der Waals surface area contributed by atoms with Crippen molar-refractivity contribution < 1.29 is 14.3 Å². The molecule has 3 aliphatic rings. The van der Waals surface area contributed by atoms with Crippen molar-refractivity contribution in [2.45, 2.75) is 77.9 Å². The number of carbonyl (C=O) groups is 1. The van der Waals surface area contributed by atoms with E-state index in [0.717, 1.165) is 19.3 Å². The molecule has 25 heavy (non-hydrogen) atoms. The van der Waals surface area contributed by atoms with Crippen molar-refractivity contribution in [3.63, 3.8) is 0 Å². The molecule has 0 bridgehead atoms. The summed E-state index contributed by atoms with van der Waals surface area (Å²) in [5, 5.41) is 0. The number of fused-ring (bicyclic) bond motifs is 1. The highest BCUT2D eigenvalue weighted by molar-refractivity contribution is 5.83. The van der Waals surface area contributed by atoms with Gasteiger partial charge < -0.3 is 9.47 Å². The second-order valence-corrected chi connectivity index (χ2v) is 9.07. The maximum atomic E-state index is 12.4. The Bertz CT molecular complexity index is 521. The van der Waals surface area contributed by atoms with Crippen molar-refractivity contribution in [2.24, 2.45) is 28.6 Å². The summed E-state index contributed by atoms with van der Waals surface area (Å²) in [7, 11) is 3.61. The fraction of sp³-hybridized carbons (Fsp3) is 0.864. The Morgan fingerprint density at radius 1 is 1.08 bits per heavy atom. The molecule has 0 aromatic rings. The first-order valence-electron chi connectivity index (χ1n) is 10.2. The van der Waals surface area contributed by atoms with Crippen LogP contribution in [-0.2, 0) is 14.3 Å². The zero-order chi connectivity index (χ0) is 18.2. The number of Topliss-reactive ketones (excluding diaryl/α,β-unsaturated/α-hetero) is 1. The standard InChI is InChI=1S/C22H36O3/c1-15(8-11-20(25-5)22(13-14-22)16(2)24-4)17-9-10-18-19(23)7-6-12-21(17,18)3/h8,11,15-18,20H,6-7,9-10,12-14H2,1-5H3/b11-8+. The quantitative estimate of drug-likeness (QED) is 0.620. The topological polar surface area (TPSA) is 35.5 Å². The molecule has 6 unspecified atom stereocenters. The number of ketones is 1. The molecule has 0 aliphatic heterocycles. The van der Waals surface area contributed by atoms with Gasteiger partial charge in [-0.1, -0.05) is 26.0 Å². The molecule has 0 saturated heterocycles. The molecule has 6 atom stereocenters. The summed E-state index contributed by atoms with van der Waals surface area (Å²) in [5.74, 6) is 1.94. The number of hydrogen-bond acceptors (Lipinski definition) is 3. The molecule has 142 valence electrons. The zero-order valence-corrected chi connectivity index (χ0v) is 16.7. The SMILES string of the molecule is COC(C)C1(C(/C=C/C(C)C2CCC3C(=O)CCCC32C)OC)CC1. The van der Waals surface area contributed by atoms with Gasteiger partial charge in [0.15, 0.2) is 0 Å². The van der Waals surface area contributed by atoms with Crippen LogP contribution in [0.15, 0.2) is 12.2 Å². The van der Waals surface area contributed by atoms with Crippen LogP contribution in [0.3, 0.4) is 0 Å². The predicted molar refractivity (Wildman–Crippen MR) is 100 cm³/mol. The van der Waals surface area contributed by atoms with Crippen molar-refractivity contribution >= 4 is 5.78 Å². The lowest BCUT2D eigenvalue weighted by Gasteiger charge is -2.41. The Hall–Kier alpha value is -0.670. The van der Waals surface area contributed by atoms with Crippen LogP contribution in [0.2, 0.25) is 0 Å². The molecule has 3 saturated carbocycles. The molecule has 0 aromatic carbocycles. The van der Waals surface area contributed by atoms with Crippen LogP contribution >= 0.6 is 0 Å². The van der Waals surface area contributed by atoms with E-state index >= 15 is 0 Å². The molecule has 0 heterocycles. The summed E-state index contributed by atoms with van der Waals surface area (Å²) in [6.45, 7) is 6.87. The molecule has 3 rings (SSSR count). The van der Waals surface area contributed by atoms with Gasteiger partial charge in [0, 0.05) is 32.0 Å². The van der Waals surface area contributed by atoms with Gasteiger partial charge in [-0.05, 0) is 62.7 Å². The maximum Gasteiger partial charge on any atom is 0.136 e. The van der Waals surface area contributed by atoms with Crippen molar-refractivity contribution in [2.75, 3.05) is 14.2 Å². The number of rotatable bonds is 7. The summed E-state index contributed by atoms with van der Waals surface area (Å²) < 4.78 is 11.5. The molecule has 0 aromatic heterocycles. The van der Waals surface area contributed by atoms with Gasteiger partial charge in [0.05, 0.1) is 12.2 Å². The highest BCUT2D eigenvalue weighted by Crippen LogP contribution is 2.57. The average Bonchev–Trinajstić information content (AvgIpc) is 3.31. The van der Waals surface area contributed by atoms with Gasteiger partial charge in [0.2, 0.25) is 0 Å². The minimum absolute atomic E-state index is 0.128. The largest absolute Gasteiger partial charge is 0.381 e. The van der Waals surface area contributed by atoms with Gasteiger partial charge in [-0.3, -0.25) is 4.79 Å². The van der Waals surface area contributed by atoms with Crippen LogP contribution in [0.25, 0.3) is 0 Å². The summed E-state index contributed by atoms with van der Waals surface area (Å²) in [5.41, 5.74) is 0.362. The smallest absolute Gasteiger partial charge is 0.136 e. The third kappa shape index (κ3) is 3.23. The highest BCUT2D eigenvalue weighted by atomic mass is 16.5. The highest BCUT2D eigenvalue weighted by Gasteiger charge is 2.54. The monoisotopic (exact) mass is 348 g/mol. The molecule has 3 heteroatoms. The second kappa shape index (κ2) is 7.15. The number of ether oxygens (including phenoxy) is 2. The molecule has 3 aliphatic carbocycles. The second-order valence-electron chi connectivity index (χ2n) is 9.07. The lowest BCUT2D eigenvalue weighted by Crippen LogP contribution is -2.39. The fourth-order valence-corrected chi connectivity index (χ4v) is 6.05. The molecule has 3 fully saturated rings. The van der Waals surface area contributed by atoms with Crippen molar-refractivity contribution in [3.8, 4) is 0 Å². The van der Waals surface area contributed by atoms with Crippen molar-refractivity contribution in [1.82, 2.24) is 0 Å². The van der Waals surface area contributed by atoms with E-state index in [1.807, 2.05) is 7.11 Å². The van der Waals surface area contributed by atoms with Crippen molar-refractivity contribution in [1.29, 1.82) is 0 Å². The molecule has 0 N–H and O–H groups in total. The van der Waals surface area contributed by atoms with Gasteiger partial charge >= 0.3 is 0 Å². The van der Waals surface area contributed by atoms with E-state index in [4.69, 9.17) is 9.47 Å². The van der Waals surface area contributed by atoms with Crippen LogP contribution in [0.5, 0.6) is 0 Å². The minimum Gasteiger partial charge on any atom is -0.381 e. The third-order valence-corrected chi connectivity index (χ3v) is 7.97. The van der Waals surface area contributed by atoms with E-state index in [1.165, 1.54) is 25.7 Å². The molecular formula is C22H36O3. The van der Waals surface area contributed by atoms with E-state index in [2.05, 4.69) is 32.9 Å². The van der Waals surface area contributed by atoms with Crippen LogP contribution in [0, 0.1) is 28.6 Å².